The number of halogens is 2. The van der Waals surface area contributed by atoms with E-state index in [-0.39, 0.29) is 6.54 Å². The van der Waals surface area contributed by atoms with Crippen LogP contribution < -0.4 is 5.73 Å². The summed E-state index contributed by atoms with van der Waals surface area (Å²) in [4.78, 5) is 2.59. The first kappa shape index (κ1) is 13.1. The van der Waals surface area contributed by atoms with Crippen molar-refractivity contribution >= 4 is 11.3 Å². The van der Waals surface area contributed by atoms with Gasteiger partial charge in [-0.3, -0.25) is 4.90 Å². The highest BCUT2D eigenvalue weighted by molar-refractivity contribution is 7.10. The van der Waals surface area contributed by atoms with Gasteiger partial charge in [-0.05, 0) is 18.5 Å². The summed E-state index contributed by atoms with van der Waals surface area (Å²) in [6.45, 7) is 0.584. The molecule has 16 heavy (non-hydrogen) atoms. The first-order valence-corrected chi connectivity index (χ1v) is 5.73. The van der Waals surface area contributed by atoms with Crippen molar-refractivity contribution in [1.29, 1.82) is 0 Å². The van der Waals surface area contributed by atoms with Crippen LogP contribution in [0, 0.1) is 11.8 Å². The Morgan fingerprint density at radius 1 is 1.56 bits per heavy atom. The number of hydrogen-bond donors (Lipinski definition) is 1. The fourth-order valence-corrected chi connectivity index (χ4v) is 2.18. The Bertz CT molecular complexity index is 379. The molecule has 5 heteroatoms. The molecule has 0 radical (unpaired) electrons. The molecular weight excluding hydrogens is 230 g/mol. The van der Waals surface area contributed by atoms with Gasteiger partial charge >= 0.3 is 0 Å². The van der Waals surface area contributed by atoms with Crippen molar-refractivity contribution in [2.45, 2.75) is 13.0 Å². The predicted octanol–water partition coefficient (Wildman–Crippen LogP) is 1.76. The Labute approximate surface area is 98.1 Å². The highest BCUT2D eigenvalue weighted by atomic mass is 32.1. The Hall–Kier alpha value is -0.960. The minimum Gasteiger partial charge on any atom is -0.320 e. The molecule has 0 fully saturated rings. The molecule has 0 spiro atoms. The normalized spacial score (nSPS) is 10.6. The van der Waals surface area contributed by atoms with Crippen LogP contribution in [-0.2, 0) is 6.54 Å². The molecule has 0 amide bonds. The maximum Gasteiger partial charge on any atom is 0.251 e. The van der Waals surface area contributed by atoms with Crippen LogP contribution in [-0.4, -0.2) is 31.5 Å². The third-order valence-electron chi connectivity index (χ3n) is 1.93. The molecule has 0 saturated carbocycles. The average Bonchev–Trinajstić information content (AvgIpc) is 2.61. The molecule has 0 saturated heterocycles. The third kappa shape index (κ3) is 4.27. The van der Waals surface area contributed by atoms with Crippen LogP contribution in [0.15, 0.2) is 11.4 Å². The summed E-state index contributed by atoms with van der Waals surface area (Å²) in [6.07, 6.45) is -2.30. The van der Waals surface area contributed by atoms with Crippen LogP contribution in [0.3, 0.4) is 0 Å². The van der Waals surface area contributed by atoms with Gasteiger partial charge in [0.25, 0.3) is 6.43 Å². The van der Waals surface area contributed by atoms with Crippen LogP contribution >= 0.6 is 11.3 Å². The lowest BCUT2D eigenvalue weighted by Crippen LogP contribution is -2.23. The third-order valence-corrected chi connectivity index (χ3v) is 2.84. The van der Waals surface area contributed by atoms with Crippen molar-refractivity contribution in [1.82, 2.24) is 4.90 Å². The molecule has 1 aromatic heterocycles. The number of alkyl halides is 2. The van der Waals surface area contributed by atoms with Crippen LogP contribution in [0.25, 0.3) is 0 Å². The molecule has 1 rings (SSSR count). The predicted molar refractivity (Wildman–Crippen MR) is 62.6 cm³/mol. The fraction of sp³-hybridized carbons (Fsp3) is 0.455. The van der Waals surface area contributed by atoms with Crippen molar-refractivity contribution in [2.75, 3.05) is 20.1 Å². The molecule has 2 nitrogen and oxygen atoms in total. The molecular formula is C11H14F2N2S. The van der Waals surface area contributed by atoms with Crippen molar-refractivity contribution in [2.24, 2.45) is 5.73 Å². The molecule has 88 valence electrons. The zero-order valence-electron chi connectivity index (χ0n) is 9.04. The summed E-state index contributed by atoms with van der Waals surface area (Å²) in [5.74, 6) is 5.70. The highest BCUT2D eigenvalue weighted by Gasteiger charge is 2.10. The minimum atomic E-state index is -2.30. The fourth-order valence-electron chi connectivity index (χ4n) is 1.27. The van der Waals surface area contributed by atoms with E-state index in [9.17, 15) is 8.78 Å². The molecule has 1 aromatic rings. The van der Waals surface area contributed by atoms with Gasteiger partial charge in [0.1, 0.15) is 0 Å². The summed E-state index contributed by atoms with van der Waals surface area (Å²) in [7, 11) is 1.67. The van der Waals surface area contributed by atoms with Gasteiger partial charge in [-0.2, -0.15) is 0 Å². The highest BCUT2D eigenvalue weighted by Crippen LogP contribution is 2.17. The van der Waals surface area contributed by atoms with E-state index in [1.807, 2.05) is 11.4 Å². The first-order chi connectivity index (χ1) is 7.63. The summed E-state index contributed by atoms with van der Waals surface area (Å²) >= 11 is 1.53. The zero-order valence-corrected chi connectivity index (χ0v) is 9.86. The quantitative estimate of drug-likeness (QED) is 0.818. The first-order valence-electron chi connectivity index (χ1n) is 4.85. The maximum absolute atomic E-state index is 12.1. The molecule has 0 bridgehead atoms. The molecule has 0 unspecified atom stereocenters. The van der Waals surface area contributed by atoms with E-state index >= 15 is 0 Å². The van der Waals surface area contributed by atoms with E-state index in [0.29, 0.717) is 13.1 Å². The van der Waals surface area contributed by atoms with Gasteiger partial charge in [0.2, 0.25) is 0 Å². The van der Waals surface area contributed by atoms with Crippen LogP contribution in [0.5, 0.6) is 0 Å². The van der Waals surface area contributed by atoms with Crippen LogP contribution in [0.1, 0.15) is 10.4 Å². The molecule has 0 aliphatic heterocycles. The van der Waals surface area contributed by atoms with Crippen molar-refractivity contribution < 1.29 is 8.78 Å². The standard InChI is InChI=1S/C11H14F2N2S/c1-15(8-11(12)13)7-10-9(3-2-5-14)4-6-16-10/h4,6,11H,5,7-8,14H2,1H3. The van der Waals surface area contributed by atoms with Gasteiger partial charge in [-0.15, -0.1) is 11.3 Å². The van der Waals surface area contributed by atoms with E-state index in [1.165, 1.54) is 11.3 Å². The lowest BCUT2D eigenvalue weighted by molar-refractivity contribution is 0.0979. The van der Waals surface area contributed by atoms with Gasteiger partial charge < -0.3 is 5.73 Å². The topological polar surface area (TPSA) is 29.3 Å². The average molecular weight is 244 g/mol. The van der Waals surface area contributed by atoms with Gasteiger partial charge in [0, 0.05) is 17.0 Å². The lowest BCUT2D eigenvalue weighted by atomic mass is 10.2. The second-order valence-corrected chi connectivity index (χ2v) is 4.35. The monoisotopic (exact) mass is 244 g/mol. The number of nitrogens with zero attached hydrogens (tertiary/aromatic N) is 1. The van der Waals surface area contributed by atoms with Crippen LogP contribution in [0.4, 0.5) is 8.78 Å². The summed E-state index contributed by atoms with van der Waals surface area (Å²) in [6, 6.07) is 1.89. The van der Waals surface area contributed by atoms with Crippen LogP contribution in [0.2, 0.25) is 0 Å². The van der Waals surface area contributed by atoms with E-state index in [1.54, 1.807) is 11.9 Å². The van der Waals surface area contributed by atoms with E-state index in [2.05, 4.69) is 11.8 Å². The molecule has 0 aromatic carbocycles. The largest absolute Gasteiger partial charge is 0.320 e. The van der Waals surface area contributed by atoms with E-state index < -0.39 is 6.43 Å². The van der Waals surface area contributed by atoms with Gasteiger partial charge in [-0.25, -0.2) is 8.78 Å². The smallest absolute Gasteiger partial charge is 0.251 e. The molecule has 0 aliphatic rings. The second kappa shape index (κ2) is 6.59. The van der Waals surface area contributed by atoms with Crippen molar-refractivity contribution in [3.05, 3.63) is 21.9 Å². The van der Waals surface area contributed by atoms with Crippen molar-refractivity contribution in [3.8, 4) is 11.8 Å². The van der Waals surface area contributed by atoms with E-state index in [0.717, 1.165) is 10.4 Å². The molecule has 0 atom stereocenters. The lowest BCUT2D eigenvalue weighted by Gasteiger charge is -2.14. The number of rotatable bonds is 4. The van der Waals surface area contributed by atoms with Gasteiger partial charge in [-0.1, -0.05) is 11.8 Å². The minimum absolute atomic E-state index is 0.221. The van der Waals surface area contributed by atoms with Gasteiger partial charge in [0.15, 0.2) is 0 Å². The summed E-state index contributed by atoms with van der Waals surface area (Å²) in [5.41, 5.74) is 6.17. The number of hydrogen-bond acceptors (Lipinski definition) is 3. The Morgan fingerprint density at radius 3 is 2.94 bits per heavy atom. The molecule has 0 aliphatic carbocycles. The summed E-state index contributed by atoms with van der Waals surface area (Å²) in [5, 5.41) is 1.91. The SMILES string of the molecule is CN(Cc1sccc1C#CCN)CC(F)F. The summed E-state index contributed by atoms with van der Waals surface area (Å²) < 4.78 is 24.3. The number of nitrogens with two attached hydrogens (primary N) is 1. The second-order valence-electron chi connectivity index (χ2n) is 3.35. The Balaban J connectivity index is 2.63. The van der Waals surface area contributed by atoms with E-state index in [4.69, 9.17) is 5.73 Å². The molecule has 2 N–H and O–H groups in total. The van der Waals surface area contributed by atoms with Gasteiger partial charge in [0.05, 0.1) is 13.1 Å². The van der Waals surface area contributed by atoms with Crippen molar-refractivity contribution in [3.63, 3.8) is 0 Å². The molecule has 1 heterocycles. The number of thiophene rings is 1. The maximum atomic E-state index is 12.1. The Kier molecular flexibility index (Phi) is 5.39. The zero-order chi connectivity index (χ0) is 12.0. The Morgan fingerprint density at radius 2 is 2.31 bits per heavy atom.